The zero-order chi connectivity index (χ0) is 27.1. The maximum absolute atomic E-state index is 13.0. The normalized spacial score (nSPS) is 12.6. The van der Waals surface area contributed by atoms with E-state index < -0.39 is 11.0 Å². The van der Waals surface area contributed by atoms with Crippen molar-refractivity contribution in [3.8, 4) is 5.69 Å². The molecule has 2 unspecified atom stereocenters. The lowest BCUT2D eigenvalue weighted by Gasteiger charge is -2.22. The number of hydrogen-bond acceptors (Lipinski definition) is 6. The first-order valence-corrected chi connectivity index (χ1v) is 13.6. The van der Waals surface area contributed by atoms with E-state index in [9.17, 15) is 14.9 Å². The molecule has 4 aromatic rings. The van der Waals surface area contributed by atoms with E-state index in [-0.39, 0.29) is 17.5 Å². The van der Waals surface area contributed by atoms with Crippen molar-refractivity contribution in [2.75, 3.05) is 0 Å². The predicted octanol–water partition coefficient (Wildman–Crippen LogP) is 6.22. The third-order valence-electron chi connectivity index (χ3n) is 6.40. The van der Waals surface area contributed by atoms with Gasteiger partial charge < -0.3 is 5.32 Å². The quantitative estimate of drug-likeness (QED) is 0.140. The second kappa shape index (κ2) is 12.5. The van der Waals surface area contributed by atoms with E-state index in [1.165, 1.54) is 29.5 Å². The van der Waals surface area contributed by atoms with Gasteiger partial charge in [0.15, 0.2) is 11.0 Å². The highest BCUT2D eigenvalue weighted by Gasteiger charge is 2.26. The van der Waals surface area contributed by atoms with Crippen LogP contribution in [0.5, 0.6) is 0 Å². The zero-order valence-electron chi connectivity index (χ0n) is 21.7. The van der Waals surface area contributed by atoms with Crippen LogP contribution < -0.4 is 5.32 Å². The van der Waals surface area contributed by atoms with E-state index in [0.29, 0.717) is 28.8 Å². The summed E-state index contributed by atoms with van der Waals surface area (Å²) in [5.74, 6) is 1.04. The number of hydrogen-bond donors (Lipinski definition) is 1. The first kappa shape index (κ1) is 27.1. The van der Waals surface area contributed by atoms with Gasteiger partial charge in [0, 0.05) is 29.5 Å². The van der Waals surface area contributed by atoms with Crippen LogP contribution in [0.4, 0.5) is 5.69 Å². The number of aryl methyl sites for hydroxylation is 1. The van der Waals surface area contributed by atoms with Crippen LogP contribution in [-0.2, 0) is 17.0 Å². The van der Waals surface area contributed by atoms with E-state index >= 15 is 0 Å². The fourth-order valence-corrected chi connectivity index (χ4v) is 4.97. The summed E-state index contributed by atoms with van der Waals surface area (Å²) in [6.45, 7) is 5.94. The third kappa shape index (κ3) is 6.66. The lowest BCUT2D eigenvalue weighted by Crippen LogP contribution is -2.35. The molecule has 196 valence electrons. The van der Waals surface area contributed by atoms with Crippen LogP contribution in [0.3, 0.4) is 0 Å². The van der Waals surface area contributed by atoms with Gasteiger partial charge in [-0.3, -0.25) is 19.5 Å². The number of non-ortho nitro benzene ring substituents is 1. The number of aromatic nitrogens is 3. The Morgan fingerprint density at radius 2 is 1.74 bits per heavy atom. The van der Waals surface area contributed by atoms with Gasteiger partial charge in [0.25, 0.3) is 5.69 Å². The minimum Gasteiger partial charge on any atom is -0.345 e. The Balaban J connectivity index is 1.76. The molecular weight excluding hydrogens is 498 g/mol. The Kier molecular flexibility index (Phi) is 8.91. The molecule has 4 rings (SSSR count). The number of benzene rings is 3. The molecule has 1 aromatic heterocycles. The number of thioether (sulfide) groups is 1. The molecule has 3 aromatic carbocycles. The molecule has 0 saturated carbocycles. The number of carbonyl (C=O) groups is 1. The molecule has 0 fully saturated rings. The fraction of sp³-hybridized carbons (Fsp3) is 0.276. The summed E-state index contributed by atoms with van der Waals surface area (Å²) in [5.41, 5.74) is 4.08. The van der Waals surface area contributed by atoms with Crippen LogP contribution in [0.15, 0.2) is 84.0 Å². The Hall–Kier alpha value is -3.98. The Morgan fingerprint density at radius 1 is 1.03 bits per heavy atom. The molecule has 1 N–H and O–H groups in total. The molecule has 8 nitrogen and oxygen atoms in total. The maximum atomic E-state index is 13.0. The van der Waals surface area contributed by atoms with E-state index in [0.717, 1.165) is 17.5 Å². The van der Waals surface area contributed by atoms with Crippen LogP contribution in [0.1, 0.15) is 48.8 Å². The summed E-state index contributed by atoms with van der Waals surface area (Å²) < 4.78 is 1.90. The van der Waals surface area contributed by atoms with E-state index in [4.69, 9.17) is 0 Å². The van der Waals surface area contributed by atoms with E-state index in [1.807, 2.05) is 54.8 Å². The Morgan fingerprint density at radius 3 is 2.39 bits per heavy atom. The molecule has 1 heterocycles. The lowest BCUT2D eigenvalue weighted by atomic mass is 10.0. The second-order valence-corrected chi connectivity index (χ2v) is 10.2. The third-order valence-corrected chi connectivity index (χ3v) is 7.40. The summed E-state index contributed by atoms with van der Waals surface area (Å²) in [7, 11) is 0. The van der Waals surface area contributed by atoms with Gasteiger partial charge in [-0.1, -0.05) is 85.8 Å². The molecule has 0 aliphatic heterocycles. The van der Waals surface area contributed by atoms with Crippen LogP contribution >= 0.6 is 11.8 Å². The van der Waals surface area contributed by atoms with Crippen molar-refractivity contribution < 1.29 is 9.72 Å². The molecule has 0 aliphatic rings. The van der Waals surface area contributed by atoms with Gasteiger partial charge >= 0.3 is 0 Å². The highest BCUT2D eigenvalue weighted by atomic mass is 32.2. The van der Waals surface area contributed by atoms with E-state index in [1.54, 1.807) is 12.1 Å². The Labute approximate surface area is 226 Å². The van der Waals surface area contributed by atoms with Crippen molar-refractivity contribution in [3.05, 3.63) is 111 Å². The number of rotatable bonds is 11. The number of nitrogens with zero attached hydrogens (tertiary/aromatic N) is 4. The van der Waals surface area contributed by atoms with Crippen LogP contribution in [0.2, 0.25) is 0 Å². The zero-order valence-corrected chi connectivity index (χ0v) is 22.5. The minimum absolute atomic E-state index is 0.00301. The maximum Gasteiger partial charge on any atom is 0.269 e. The molecule has 0 aliphatic carbocycles. The van der Waals surface area contributed by atoms with Crippen LogP contribution in [-0.4, -0.2) is 25.6 Å². The number of carbonyl (C=O) groups excluding carboxylic acids is 1. The summed E-state index contributed by atoms with van der Waals surface area (Å²) in [6, 6.07) is 24.1. The van der Waals surface area contributed by atoms with Gasteiger partial charge in [-0.25, -0.2) is 0 Å². The van der Waals surface area contributed by atoms with Gasteiger partial charge in [0.1, 0.15) is 0 Å². The number of nitro benzene ring substituents is 1. The summed E-state index contributed by atoms with van der Waals surface area (Å²) in [4.78, 5) is 23.9. The first-order valence-electron chi connectivity index (χ1n) is 12.6. The smallest absolute Gasteiger partial charge is 0.269 e. The molecule has 0 bridgehead atoms. The first-order chi connectivity index (χ1) is 18.4. The average Bonchev–Trinajstić information content (AvgIpc) is 3.35. The summed E-state index contributed by atoms with van der Waals surface area (Å²) >= 11 is 1.53. The van der Waals surface area contributed by atoms with E-state index in [2.05, 4.69) is 40.6 Å². The van der Waals surface area contributed by atoms with Gasteiger partial charge in [-0.2, -0.15) is 0 Å². The van der Waals surface area contributed by atoms with Crippen molar-refractivity contribution in [2.24, 2.45) is 5.92 Å². The SMILES string of the molecule is CCC(C)C(=O)NC(Cc1ccccc1)c1nnc(SCc2cccc(C)c2)n1-c1ccc([N+](=O)[O-])cc1. The van der Waals surface area contributed by atoms with Crippen LogP contribution in [0.25, 0.3) is 5.69 Å². The average molecular weight is 530 g/mol. The van der Waals surface area contributed by atoms with Crippen LogP contribution in [0, 0.1) is 23.0 Å². The molecule has 2 atom stereocenters. The summed E-state index contributed by atoms with van der Waals surface area (Å²) in [5, 5.41) is 24.2. The van der Waals surface area contributed by atoms with Crippen molar-refractivity contribution in [1.82, 2.24) is 20.1 Å². The molecule has 38 heavy (non-hydrogen) atoms. The molecule has 0 spiro atoms. The number of amides is 1. The highest BCUT2D eigenvalue weighted by molar-refractivity contribution is 7.98. The van der Waals surface area contributed by atoms with Gasteiger partial charge in [-0.15, -0.1) is 10.2 Å². The largest absolute Gasteiger partial charge is 0.345 e. The number of nitro groups is 1. The predicted molar refractivity (Wildman–Crippen MR) is 149 cm³/mol. The highest BCUT2D eigenvalue weighted by Crippen LogP contribution is 2.30. The second-order valence-electron chi connectivity index (χ2n) is 9.29. The van der Waals surface area contributed by atoms with Crippen molar-refractivity contribution in [2.45, 2.75) is 50.6 Å². The molecule has 0 saturated heterocycles. The molecule has 0 radical (unpaired) electrons. The monoisotopic (exact) mass is 529 g/mol. The topological polar surface area (TPSA) is 103 Å². The molecular formula is C29H31N5O3S. The van der Waals surface area contributed by atoms with Crippen molar-refractivity contribution in [1.29, 1.82) is 0 Å². The molecule has 9 heteroatoms. The Bertz CT molecular complexity index is 1390. The standard InChI is InChI=1S/C29H31N5O3S/c1-4-21(3)28(35)30-26(18-22-10-6-5-7-11-22)27-31-32-29(38-19-23-12-8-9-20(2)17-23)33(27)24-13-15-25(16-14-24)34(36)37/h5-17,21,26H,4,18-19H2,1-3H3,(H,30,35). The summed E-state index contributed by atoms with van der Waals surface area (Å²) in [6.07, 6.45) is 1.24. The fourth-order valence-electron chi connectivity index (χ4n) is 4.07. The molecule has 1 amide bonds. The minimum atomic E-state index is -0.449. The van der Waals surface area contributed by atoms with Gasteiger partial charge in [0.05, 0.1) is 11.0 Å². The van der Waals surface area contributed by atoms with Crippen molar-refractivity contribution in [3.63, 3.8) is 0 Å². The van der Waals surface area contributed by atoms with Crippen molar-refractivity contribution >= 4 is 23.4 Å². The van der Waals surface area contributed by atoms with Gasteiger partial charge in [-0.05, 0) is 43.0 Å². The lowest BCUT2D eigenvalue weighted by molar-refractivity contribution is -0.384. The van der Waals surface area contributed by atoms with Gasteiger partial charge in [0.2, 0.25) is 5.91 Å². The number of nitrogens with one attached hydrogen (secondary N) is 1.